The predicted molar refractivity (Wildman–Crippen MR) is 252 cm³/mol. The van der Waals surface area contributed by atoms with Crippen LogP contribution in [0, 0.1) is 0 Å². The summed E-state index contributed by atoms with van der Waals surface area (Å²) < 4.78 is 155. The number of anilines is 8. The molecule has 2 aromatic carbocycles. The lowest BCUT2D eigenvalue weighted by atomic mass is 10.1. The summed E-state index contributed by atoms with van der Waals surface area (Å²) in [6.45, 7) is 0.991. The van der Waals surface area contributed by atoms with Gasteiger partial charge in [0.1, 0.15) is 9.79 Å². The van der Waals surface area contributed by atoms with E-state index >= 15 is 0 Å². The number of ether oxygens (including phenoxy) is 4. The van der Waals surface area contributed by atoms with Crippen LogP contribution in [0.2, 0.25) is 0 Å². The Bertz CT molecular complexity index is 2620. The van der Waals surface area contributed by atoms with Crippen molar-refractivity contribution < 1.29 is 81.0 Å². The van der Waals surface area contributed by atoms with Gasteiger partial charge in [-0.05, 0) is 35.4 Å². The highest BCUT2D eigenvalue weighted by Gasteiger charge is 2.19. The number of nitrogens with one attached hydrogen (secondary N) is 6. The van der Waals surface area contributed by atoms with Crippen LogP contribution in [-0.2, 0) is 59.4 Å². The monoisotopic (exact) mass is 1070 g/mol. The van der Waals surface area contributed by atoms with E-state index in [0.29, 0.717) is 0 Å². The zero-order chi connectivity index (χ0) is 51.2. The standard InChI is InChI=1S/C36H52N12O18S4/c49-11-15-65-19-17-63-13-7-37-31-43-33(39-9-21-67(51,52)53)47-35(45-31)41-27-5-3-25(29(23-27)69(57,58)59)1-2-26-4-6-28(24-30(26)70(60,61)62)42-36-46-32(38-8-14-64-18-20-66-16-12-50)44-34(48-36)40-10-22-68(54,55)56/h1-6,23-24,49-50H,7-22H2,(H,51,52,53)(H,54,55,56)(H,57,58,59)(H,60,61,62)(H3,37,39,41,43,45,47)(H3,38,40,42,44,46,48). The van der Waals surface area contributed by atoms with Crippen molar-refractivity contribution in [3.8, 4) is 0 Å². The molecule has 0 radical (unpaired) electrons. The van der Waals surface area contributed by atoms with E-state index in [9.17, 15) is 42.8 Å². The van der Waals surface area contributed by atoms with Gasteiger partial charge in [0.2, 0.25) is 35.7 Å². The number of aliphatic hydroxyl groups is 2. The molecule has 4 rings (SSSR count). The number of rotatable bonds is 34. The molecular weight excluding hydrogens is 1020 g/mol. The molecule has 0 amide bonds. The quantitative estimate of drug-likeness (QED) is 0.0162. The summed E-state index contributed by atoms with van der Waals surface area (Å²) in [5, 5.41) is 34.1. The van der Waals surface area contributed by atoms with E-state index in [2.05, 4.69) is 61.8 Å². The van der Waals surface area contributed by atoms with Gasteiger partial charge in [-0.2, -0.15) is 63.6 Å². The molecule has 12 N–H and O–H groups in total. The molecule has 0 bridgehead atoms. The third kappa shape index (κ3) is 22.0. The summed E-state index contributed by atoms with van der Waals surface area (Å²) in [5.41, 5.74) is -0.284. The Morgan fingerprint density at radius 3 is 1.06 bits per heavy atom. The van der Waals surface area contributed by atoms with Gasteiger partial charge < -0.3 is 61.1 Å². The first-order valence-electron chi connectivity index (χ1n) is 20.5. The van der Waals surface area contributed by atoms with Crippen LogP contribution in [-0.4, -0.2) is 196 Å². The fourth-order valence-electron chi connectivity index (χ4n) is 5.39. The highest BCUT2D eigenvalue weighted by molar-refractivity contribution is 7.86. The molecule has 388 valence electrons. The summed E-state index contributed by atoms with van der Waals surface area (Å²) >= 11 is 0. The van der Waals surface area contributed by atoms with Crippen molar-refractivity contribution in [3.63, 3.8) is 0 Å². The Morgan fingerprint density at radius 2 is 0.743 bits per heavy atom. The minimum atomic E-state index is -4.99. The van der Waals surface area contributed by atoms with Crippen LogP contribution < -0.4 is 31.9 Å². The van der Waals surface area contributed by atoms with E-state index in [4.69, 9.17) is 38.3 Å². The fraction of sp³-hybridized carbons (Fsp3) is 0.444. The Hall–Kier alpha value is -5.60. The molecule has 0 atom stereocenters. The van der Waals surface area contributed by atoms with E-state index in [0.717, 1.165) is 24.3 Å². The summed E-state index contributed by atoms with van der Waals surface area (Å²) in [5.74, 6) is -2.18. The lowest BCUT2D eigenvalue weighted by Gasteiger charge is -2.13. The SMILES string of the molecule is O=S(=O)(O)CCNc1nc(NCCOCCOCCO)nc(Nc2ccc(C=Cc3ccc(Nc4nc(NCCOCCOCCO)nc(NCCS(=O)(=O)O)n4)cc3S(=O)(=O)O)c(S(=O)(=O)O)c2)n1. The molecule has 70 heavy (non-hydrogen) atoms. The minimum absolute atomic E-state index is 0.00768. The van der Waals surface area contributed by atoms with Gasteiger partial charge in [-0.1, -0.05) is 24.3 Å². The molecule has 0 aliphatic heterocycles. The van der Waals surface area contributed by atoms with Gasteiger partial charge in [0, 0.05) is 37.6 Å². The van der Waals surface area contributed by atoms with Crippen molar-refractivity contribution in [2.75, 3.05) is 136 Å². The molecule has 0 spiro atoms. The molecule has 0 aliphatic rings. The minimum Gasteiger partial charge on any atom is -0.394 e. The molecule has 2 heterocycles. The van der Waals surface area contributed by atoms with Gasteiger partial charge in [-0.25, -0.2) is 0 Å². The van der Waals surface area contributed by atoms with Gasteiger partial charge in [0.05, 0.1) is 77.6 Å². The maximum absolute atomic E-state index is 12.7. The first-order valence-corrected chi connectivity index (χ1v) is 26.6. The lowest BCUT2D eigenvalue weighted by Crippen LogP contribution is -2.18. The summed E-state index contributed by atoms with van der Waals surface area (Å²) in [6.07, 6.45) is 2.29. The highest BCUT2D eigenvalue weighted by Crippen LogP contribution is 2.28. The van der Waals surface area contributed by atoms with Crippen molar-refractivity contribution in [3.05, 3.63) is 47.5 Å². The van der Waals surface area contributed by atoms with E-state index in [1.54, 1.807) is 0 Å². The fourth-order valence-corrected chi connectivity index (χ4v) is 7.53. The number of aliphatic hydroxyl groups excluding tert-OH is 2. The maximum Gasteiger partial charge on any atom is 0.295 e. The first kappa shape index (κ1) is 57.0. The summed E-state index contributed by atoms with van der Waals surface area (Å²) in [4.78, 5) is 23.7. The van der Waals surface area contributed by atoms with Crippen LogP contribution in [0.5, 0.6) is 0 Å². The average molecular weight is 1070 g/mol. The van der Waals surface area contributed by atoms with E-state index < -0.39 is 61.8 Å². The predicted octanol–water partition coefficient (Wildman–Crippen LogP) is -0.318. The van der Waals surface area contributed by atoms with Crippen LogP contribution >= 0.6 is 0 Å². The Balaban J connectivity index is 1.56. The smallest absolute Gasteiger partial charge is 0.295 e. The lowest BCUT2D eigenvalue weighted by molar-refractivity contribution is 0.0360. The van der Waals surface area contributed by atoms with E-state index in [1.165, 1.54) is 24.3 Å². The van der Waals surface area contributed by atoms with Crippen LogP contribution in [0.25, 0.3) is 12.2 Å². The van der Waals surface area contributed by atoms with Gasteiger partial charge in [0.25, 0.3) is 40.5 Å². The number of aromatic nitrogens is 6. The molecule has 34 heteroatoms. The Labute approximate surface area is 402 Å². The molecule has 0 saturated carbocycles. The largest absolute Gasteiger partial charge is 0.394 e. The zero-order valence-electron chi connectivity index (χ0n) is 36.8. The van der Waals surface area contributed by atoms with Gasteiger partial charge >= 0.3 is 0 Å². The van der Waals surface area contributed by atoms with Crippen LogP contribution in [0.15, 0.2) is 46.2 Å². The van der Waals surface area contributed by atoms with Crippen LogP contribution in [0.4, 0.5) is 47.1 Å². The van der Waals surface area contributed by atoms with Crippen LogP contribution in [0.3, 0.4) is 0 Å². The van der Waals surface area contributed by atoms with Crippen molar-refractivity contribution >= 4 is 99.7 Å². The topological polar surface area (TPSA) is 444 Å². The van der Waals surface area contributed by atoms with Gasteiger partial charge in [-0.15, -0.1) is 0 Å². The number of benzene rings is 2. The summed E-state index contributed by atoms with van der Waals surface area (Å²) in [6, 6.07) is 7.21. The third-order valence-corrected chi connectivity index (χ3v) is 11.6. The molecule has 0 saturated heterocycles. The highest BCUT2D eigenvalue weighted by atomic mass is 32.2. The molecule has 2 aromatic heterocycles. The van der Waals surface area contributed by atoms with E-state index in [1.807, 2.05) is 0 Å². The first-order chi connectivity index (χ1) is 33.1. The normalized spacial score (nSPS) is 12.3. The molecular formula is C36H52N12O18S4. The van der Waals surface area contributed by atoms with Crippen molar-refractivity contribution in [2.45, 2.75) is 9.79 Å². The van der Waals surface area contributed by atoms with Crippen LogP contribution in [0.1, 0.15) is 11.1 Å². The second kappa shape index (κ2) is 27.7. The second-order valence-corrected chi connectivity index (χ2v) is 19.8. The zero-order valence-corrected chi connectivity index (χ0v) is 40.1. The number of hydrogen-bond acceptors (Lipinski definition) is 26. The average Bonchev–Trinajstić information content (AvgIpc) is 3.26. The summed E-state index contributed by atoms with van der Waals surface area (Å²) in [7, 11) is -18.7. The van der Waals surface area contributed by atoms with Gasteiger partial charge in [-0.3, -0.25) is 18.2 Å². The molecule has 4 aromatic rings. The molecule has 0 unspecified atom stereocenters. The second-order valence-electron chi connectivity index (χ2n) is 13.8. The van der Waals surface area contributed by atoms with Crippen molar-refractivity contribution in [1.29, 1.82) is 0 Å². The Morgan fingerprint density at radius 1 is 0.429 bits per heavy atom. The van der Waals surface area contributed by atoms with E-state index in [-0.39, 0.29) is 150 Å². The molecule has 0 fully saturated rings. The number of nitrogens with zero attached hydrogens (tertiary/aromatic N) is 6. The van der Waals surface area contributed by atoms with Gasteiger partial charge in [0.15, 0.2) is 0 Å². The van der Waals surface area contributed by atoms with Crippen molar-refractivity contribution in [1.82, 2.24) is 29.9 Å². The Kier molecular flexibility index (Phi) is 22.6. The van der Waals surface area contributed by atoms with Crippen molar-refractivity contribution in [2.24, 2.45) is 0 Å². The number of hydrogen-bond donors (Lipinski definition) is 12. The molecule has 0 aliphatic carbocycles. The third-order valence-electron chi connectivity index (χ3n) is 8.37. The molecule has 30 nitrogen and oxygen atoms in total. The maximum atomic E-state index is 12.7.